The van der Waals surface area contributed by atoms with Crippen molar-refractivity contribution < 1.29 is 4.74 Å². The van der Waals surface area contributed by atoms with Crippen molar-refractivity contribution in [3.63, 3.8) is 0 Å². The van der Waals surface area contributed by atoms with E-state index in [2.05, 4.69) is 38.6 Å². The average molecular weight is 219 g/mol. The van der Waals surface area contributed by atoms with Crippen LogP contribution in [-0.4, -0.2) is 32.6 Å². The summed E-state index contributed by atoms with van der Waals surface area (Å²) >= 11 is 0. The Morgan fingerprint density at radius 1 is 1.44 bits per heavy atom. The van der Waals surface area contributed by atoms with Crippen LogP contribution in [0, 0.1) is 5.92 Å². The van der Waals surface area contributed by atoms with Gasteiger partial charge in [-0.1, -0.05) is 25.6 Å². The van der Waals surface area contributed by atoms with Crippen molar-refractivity contribution in [3.8, 4) is 5.75 Å². The topological polar surface area (TPSA) is 12.5 Å². The number of benzene rings is 1. The van der Waals surface area contributed by atoms with Crippen LogP contribution in [0.1, 0.15) is 12.5 Å². The second-order valence-electron chi connectivity index (χ2n) is 4.42. The molecule has 0 bridgehead atoms. The van der Waals surface area contributed by atoms with Crippen molar-refractivity contribution in [2.24, 2.45) is 5.92 Å². The number of methoxy groups -OCH3 is 1. The summed E-state index contributed by atoms with van der Waals surface area (Å²) in [6.45, 7) is 7.38. The Morgan fingerprint density at radius 2 is 2.12 bits per heavy atom. The molecule has 2 heteroatoms. The lowest BCUT2D eigenvalue weighted by Crippen LogP contribution is -2.20. The fourth-order valence-corrected chi connectivity index (χ4v) is 1.77. The van der Waals surface area contributed by atoms with Gasteiger partial charge in [-0.3, -0.25) is 0 Å². The summed E-state index contributed by atoms with van der Waals surface area (Å²) in [5, 5.41) is 0. The molecule has 0 aromatic heterocycles. The highest BCUT2D eigenvalue weighted by atomic mass is 16.5. The molecular formula is C14H21NO. The lowest BCUT2D eigenvalue weighted by atomic mass is 9.95. The van der Waals surface area contributed by atoms with Crippen molar-refractivity contribution in [1.29, 1.82) is 0 Å². The van der Waals surface area contributed by atoms with Gasteiger partial charge in [0.1, 0.15) is 5.75 Å². The maximum absolute atomic E-state index is 5.21. The predicted octanol–water partition coefficient (Wildman–Crippen LogP) is 2.91. The first-order valence-electron chi connectivity index (χ1n) is 5.52. The number of hydrogen-bond acceptors (Lipinski definition) is 2. The van der Waals surface area contributed by atoms with Crippen molar-refractivity contribution in [2.45, 2.75) is 6.92 Å². The highest BCUT2D eigenvalue weighted by Gasteiger charge is 2.10. The van der Waals surface area contributed by atoms with E-state index in [1.807, 2.05) is 18.2 Å². The van der Waals surface area contributed by atoms with Crippen LogP contribution >= 0.6 is 0 Å². The Kier molecular flexibility index (Phi) is 4.56. The third kappa shape index (κ3) is 3.38. The smallest absolute Gasteiger partial charge is 0.119 e. The van der Waals surface area contributed by atoms with Gasteiger partial charge in [0.15, 0.2) is 0 Å². The Morgan fingerprint density at radius 3 is 2.69 bits per heavy atom. The lowest BCUT2D eigenvalue weighted by molar-refractivity contribution is 0.376. The van der Waals surface area contributed by atoms with E-state index in [4.69, 9.17) is 4.74 Å². The minimum absolute atomic E-state index is 0.446. The Bertz CT molecular complexity index is 358. The third-order valence-electron chi connectivity index (χ3n) is 2.67. The molecule has 0 aliphatic rings. The van der Waals surface area contributed by atoms with Crippen LogP contribution in [0.2, 0.25) is 0 Å². The van der Waals surface area contributed by atoms with Crippen molar-refractivity contribution in [3.05, 3.63) is 36.4 Å². The van der Waals surface area contributed by atoms with Crippen molar-refractivity contribution in [2.75, 3.05) is 27.7 Å². The standard InChI is InChI=1S/C14H21NO/c1-11(10-15(3)4)12(2)13-7-6-8-14(9-13)16-5/h6-9,11H,2,10H2,1,3-5H3/t11-/m0/s1. The predicted molar refractivity (Wildman–Crippen MR) is 69.7 cm³/mol. The van der Waals surface area contributed by atoms with Crippen LogP contribution in [-0.2, 0) is 0 Å². The monoisotopic (exact) mass is 219 g/mol. The van der Waals surface area contributed by atoms with Crippen molar-refractivity contribution in [1.82, 2.24) is 4.90 Å². The minimum Gasteiger partial charge on any atom is -0.497 e. The molecule has 0 aliphatic carbocycles. The second kappa shape index (κ2) is 5.71. The zero-order chi connectivity index (χ0) is 12.1. The molecule has 1 atom stereocenters. The molecule has 0 spiro atoms. The molecule has 1 aromatic rings. The molecule has 0 aliphatic heterocycles. The van der Waals surface area contributed by atoms with Gasteiger partial charge in [-0.2, -0.15) is 0 Å². The Labute approximate surface area is 98.5 Å². The molecule has 1 aromatic carbocycles. The first-order valence-corrected chi connectivity index (χ1v) is 5.52. The average Bonchev–Trinajstić information content (AvgIpc) is 2.27. The summed E-state index contributed by atoms with van der Waals surface area (Å²) < 4.78 is 5.21. The van der Waals surface area contributed by atoms with Gasteiger partial charge in [-0.15, -0.1) is 0 Å². The summed E-state index contributed by atoms with van der Waals surface area (Å²) in [5.74, 6) is 1.33. The molecule has 0 radical (unpaired) electrons. The van der Waals surface area contributed by atoms with Gasteiger partial charge in [-0.05, 0) is 43.3 Å². The van der Waals surface area contributed by atoms with Gasteiger partial charge in [-0.25, -0.2) is 0 Å². The molecule has 0 saturated carbocycles. The van der Waals surface area contributed by atoms with E-state index in [9.17, 15) is 0 Å². The Hall–Kier alpha value is -1.28. The third-order valence-corrected chi connectivity index (χ3v) is 2.67. The Balaban J connectivity index is 2.79. The van der Waals surface area contributed by atoms with Crippen LogP contribution in [0.4, 0.5) is 0 Å². The van der Waals surface area contributed by atoms with Gasteiger partial charge in [0.05, 0.1) is 7.11 Å². The zero-order valence-corrected chi connectivity index (χ0v) is 10.7. The number of nitrogens with zero attached hydrogens (tertiary/aromatic N) is 1. The largest absolute Gasteiger partial charge is 0.497 e. The van der Waals surface area contributed by atoms with Crippen LogP contribution < -0.4 is 4.74 Å². The normalized spacial score (nSPS) is 12.6. The van der Waals surface area contributed by atoms with Crippen LogP contribution in [0.3, 0.4) is 0 Å². The van der Waals surface area contributed by atoms with E-state index in [0.717, 1.165) is 23.4 Å². The van der Waals surface area contributed by atoms with Gasteiger partial charge in [0, 0.05) is 6.54 Å². The lowest BCUT2D eigenvalue weighted by Gasteiger charge is -2.19. The number of rotatable bonds is 5. The summed E-state index contributed by atoms with van der Waals surface area (Å²) in [4.78, 5) is 2.18. The van der Waals surface area contributed by atoms with E-state index in [1.165, 1.54) is 0 Å². The second-order valence-corrected chi connectivity index (χ2v) is 4.42. The van der Waals surface area contributed by atoms with E-state index in [0.29, 0.717) is 5.92 Å². The van der Waals surface area contributed by atoms with Crippen LogP contribution in [0.15, 0.2) is 30.8 Å². The first kappa shape index (κ1) is 12.8. The van der Waals surface area contributed by atoms with Gasteiger partial charge in [0.25, 0.3) is 0 Å². The van der Waals surface area contributed by atoms with E-state index >= 15 is 0 Å². The fourth-order valence-electron chi connectivity index (χ4n) is 1.77. The molecule has 0 saturated heterocycles. The van der Waals surface area contributed by atoms with Crippen LogP contribution in [0.5, 0.6) is 5.75 Å². The molecule has 0 amide bonds. The van der Waals surface area contributed by atoms with Crippen LogP contribution in [0.25, 0.3) is 5.57 Å². The molecule has 0 N–H and O–H groups in total. The molecular weight excluding hydrogens is 198 g/mol. The van der Waals surface area contributed by atoms with E-state index in [-0.39, 0.29) is 0 Å². The molecule has 1 rings (SSSR count). The summed E-state index contributed by atoms with van der Waals surface area (Å²) in [6.07, 6.45) is 0. The molecule has 0 heterocycles. The highest BCUT2D eigenvalue weighted by Crippen LogP contribution is 2.24. The maximum atomic E-state index is 5.21. The summed E-state index contributed by atoms with van der Waals surface area (Å²) in [5.41, 5.74) is 2.32. The molecule has 16 heavy (non-hydrogen) atoms. The summed E-state index contributed by atoms with van der Waals surface area (Å²) in [6, 6.07) is 8.07. The van der Waals surface area contributed by atoms with Gasteiger partial charge < -0.3 is 9.64 Å². The zero-order valence-electron chi connectivity index (χ0n) is 10.7. The summed E-state index contributed by atoms with van der Waals surface area (Å²) in [7, 11) is 5.84. The molecule has 0 unspecified atom stereocenters. The maximum Gasteiger partial charge on any atom is 0.119 e. The van der Waals surface area contributed by atoms with E-state index < -0.39 is 0 Å². The van der Waals surface area contributed by atoms with E-state index in [1.54, 1.807) is 7.11 Å². The quantitative estimate of drug-likeness (QED) is 0.755. The molecule has 88 valence electrons. The number of ether oxygens (including phenoxy) is 1. The molecule has 0 fully saturated rings. The van der Waals surface area contributed by atoms with Gasteiger partial charge >= 0.3 is 0 Å². The SMILES string of the molecule is C=C(c1cccc(OC)c1)[C@@H](C)CN(C)C. The minimum atomic E-state index is 0.446. The first-order chi connectivity index (χ1) is 7.54. The fraction of sp³-hybridized carbons (Fsp3) is 0.429. The molecule has 2 nitrogen and oxygen atoms in total. The van der Waals surface area contributed by atoms with Crippen molar-refractivity contribution >= 4 is 5.57 Å². The number of hydrogen-bond donors (Lipinski definition) is 0. The highest BCUT2D eigenvalue weighted by molar-refractivity contribution is 5.66. The van der Waals surface area contributed by atoms with Gasteiger partial charge in [0.2, 0.25) is 0 Å².